The SMILES string of the molecule is O=C(Nc1ccccc1C(F)(F)F)N1CCN(c2ccc(-c3ccc(Cl)cc3Cl)nn2)CC1. The zero-order chi connectivity index (χ0) is 23.6. The Morgan fingerprint density at radius 1 is 0.939 bits per heavy atom. The lowest BCUT2D eigenvalue weighted by Crippen LogP contribution is -2.50. The normalized spacial score (nSPS) is 14.3. The Balaban J connectivity index is 1.38. The highest BCUT2D eigenvalue weighted by Gasteiger charge is 2.34. The van der Waals surface area contributed by atoms with E-state index in [-0.39, 0.29) is 5.69 Å². The number of rotatable bonds is 3. The van der Waals surface area contributed by atoms with Crippen LogP contribution in [0.1, 0.15) is 5.56 Å². The Morgan fingerprint density at radius 3 is 2.30 bits per heavy atom. The Morgan fingerprint density at radius 2 is 1.67 bits per heavy atom. The van der Waals surface area contributed by atoms with Crippen LogP contribution in [0.15, 0.2) is 54.6 Å². The van der Waals surface area contributed by atoms with Crippen LogP contribution in [0.5, 0.6) is 0 Å². The minimum absolute atomic E-state index is 0.264. The second-order valence-electron chi connectivity index (χ2n) is 7.35. The zero-order valence-electron chi connectivity index (χ0n) is 17.1. The number of piperazine rings is 1. The van der Waals surface area contributed by atoms with Gasteiger partial charge in [0.1, 0.15) is 0 Å². The van der Waals surface area contributed by atoms with Crippen molar-refractivity contribution in [2.45, 2.75) is 6.18 Å². The van der Waals surface area contributed by atoms with E-state index in [9.17, 15) is 18.0 Å². The molecule has 0 spiro atoms. The van der Waals surface area contributed by atoms with Crippen molar-refractivity contribution in [1.29, 1.82) is 0 Å². The molecule has 1 aromatic heterocycles. The van der Waals surface area contributed by atoms with Gasteiger partial charge in [-0.15, -0.1) is 10.2 Å². The van der Waals surface area contributed by atoms with E-state index in [1.807, 2.05) is 11.0 Å². The van der Waals surface area contributed by atoms with Gasteiger partial charge in [-0.2, -0.15) is 13.2 Å². The maximum atomic E-state index is 13.2. The summed E-state index contributed by atoms with van der Waals surface area (Å²) in [5, 5.41) is 11.9. The van der Waals surface area contributed by atoms with Crippen LogP contribution in [0.2, 0.25) is 10.0 Å². The van der Waals surface area contributed by atoms with E-state index in [1.165, 1.54) is 23.1 Å². The second kappa shape index (κ2) is 9.44. The number of nitrogens with one attached hydrogen (secondary N) is 1. The van der Waals surface area contributed by atoms with Gasteiger partial charge >= 0.3 is 12.2 Å². The molecule has 0 unspecified atom stereocenters. The van der Waals surface area contributed by atoms with Gasteiger partial charge in [0.15, 0.2) is 5.82 Å². The molecule has 1 aliphatic heterocycles. The molecule has 2 aromatic carbocycles. The van der Waals surface area contributed by atoms with Crippen molar-refractivity contribution in [1.82, 2.24) is 15.1 Å². The van der Waals surface area contributed by atoms with E-state index >= 15 is 0 Å². The van der Waals surface area contributed by atoms with E-state index in [0.29, 0.717) is 53.3 Å². The van der Waals surface area contributed by atoms with Crippen molar-refractivity contribution in [2.24, 2.45) is 0 Å². The summed E-state index contributed by atoms with van der Waals surface area (Å²) in [7, 11) is 0. The lowest BCUT2D eigenvalue weighted by molar-refractivity contribution is -0.136. The second-order valence-corrected chi connectivity index (χ2v) is 8.19. The maximum absolute atomic E-state index is 13.2. The van der Waals surface area contributed by atoms with Crippen molar-refractivity contribution < 1.29 is 18.0 Å². The van der Waals surface area contributed by atoms with Crippen LogP contribution >= 0.6 is 23.2 Å². The number of para-hydroxylation sites is 1. The van der Waals surface area contributed by atoms with Gasteiger partial charge < -0.3 is 15.1 Å². The highest BCUT2D eigenvalue weighted by atomic mass is 35.5. The summed E-state index contributed by atoms with van der Waals surface area (Å²) in [6, 6.07) is 13.0. The van der Waals surface area contributed by atoms with Gasteiger partial charge in [-0.25, -0.2) is 4.79 Å². The molecule has 1 N–H and O–H groups in total. The molecule has 0 atom stereocenters. The molecule has 33 heavy (non-hydrogen) atoms. The summed E-state index contributed by atoms with van der Waals surface area (Å²) in [4.78, 5) is 15.9. The van der Waals surface area contributed by atoms with Crippen molar-refractivity contribution in [2.75, 3.05) is 36.4 Å². The van der Waals surface area contributed by atoms with E-state index in [0.717, 1.165) is 6.07 Å². The molecule has 1 fully saturated rings. The van der Waals surface area contributed by atoms with Gasteiger partial charge in [-0.3, -0.25) is 0 Å². The maximum Gasteiger partial charge on any atom is 0.418 e. The topological polar surface area (TPSA) is 61.4 Å². The van der Waals surface area contributed by atoms with Crippen LogP contribution in [0.4, 0.5) is 29.5 Å². The minimum atomic E-state index is -4.55. The van der Waals surface area contributed by atoms with Crippen LogP contribution in [0.3, 0.4) is 0 Å². The Bertz CT molecular complexity index is 1150. The molecule has 3 aromatic rings. The number of benzene rings is 2. The summed E-state index contributed by atoms with van der Waals surface area (Å²) in [6.07, 6.45) is -4.55. The van der Waals surface area contributed by atoms with Crippen molar-refractivity contribution in [3.05, 3.63) is 70.2 Å². The fourth-order valence-corrected chi connectivity index (χ4v) is 4.01. The van der Waals surface area contributed by atoms with Gasteiger partial charge in [-0.05, 0) is 42.5 Å². The molecule has 172 valence electrons. The van der Waals surface area contributed by atoms with Crippen molar-refractivity contribution in [3.63, 3.8) is 0 Å². The van der Waals surface area contributed by atoms with Crippen molar-refractivity contribution >= 4 is 40.7 Å². The van der Waals surface area contributed by atoms with Crippen LogP contribution in [0, 0.1) is 0 Å². The molecule has 2 amide bonds. The molecule has 11 heteroatoms. The van der Waals surface area contributed by atoms with Crippen LogP contribution in [-0.4, -0.2) is 47.3 Å². The number of carbonyl (C=O) groups excluding carboxylic acids is 1. The lowest BCUT2D eigenvalue weighted by atomic mass is 10.1. The summed E-state index contributed by atoms with van der Waals surface area (Å²) >= 11 is 12.2. The number of hydrogen-bond acceptors (Lipinski definition) is 4. The molecule has 2 heterocycles. The third-order valence-corrected chi connectivity index (χ3v) is 5.77. The molecule has 0 saturated carbocycles. The number of carbonyl (C=O) groups is 1. The van der Waals surface area contributed by atoms with Gasteiger partial charge in [0.05, 0.1) is 22.0 Å². The lowest BCUT2D eigenvalue weighted by Gasteiger charge is -2.35. The number of aromatic nitrogens is 2. The number of anilines is 2. The first-order valence-corrected chi connectivity index (χ1v) is 10.7. The van der Waals surface area contributed by atoms with E-state index < -0.39 is 17.8 Å². The van der Waals surface area contributed by atoms with Crippen LogP contribution in [-0.2, 0) is 6.18 Å². The highest BCUT2D eigenvalue weighted by Crippen LogP contribution is 2.34. The largest absolute Gasteiger partial charge is 0.418 e. The van der Waals surface area contributed by atoms with Gasteiger partial charge in [0.2, 0.25) is 0 Å². The predicted octanol–water partition coefficient (Wildman–Crippen LogP) is 5.82. The van der Waals surface area contributed by atoms with Crippen molar-refractivity contribution in [3.8, 4) is 11.3 Å². The Labute approximate surface area is 197 Å². The summed E-state index contributed by atoms with van der Waals surface area (Å²) in [5.41, 5.74) is 0.162. The standard InChI is InChI=1S/C22H18Cl2F3N5O/c23-14-5-6-15(17(24)13-14)18-7-8-20(30-29-18)31-9-11-32(12-10-31)21(33)28-19-4-2-1-3-16(19)22(25,26)27/h1-8,13H,9-12H2,(H,28,33). The molecule has 0 bridgehead atoms. The van der Waals surface area contributed by atoms with Gasteiger partial charge in [0, 0.05) is 36.8 Å². The summed E-state index contributed by atoms with van der Waals surface area (Å²) < 4.78 is 39.5. The monoisotopic (exact) mass is 495 g/mol. The van der Waals surface area contributed by atoms with Gasteiger partial charge in [0.25, 0.3) is 0 Å². The number of alkyl halides is 3. The summed E-state index contributed by atoms with van der Waals surface area (Å²) in [5.74, 6) is 0.631. The number of amides is 2. The summed E-state index contributed by atoms with van der Waals surface area (Å²) in [6.45, 7) is 1.58. The fraction of sp³-hybridized carbons (Fsp3) is 0.227. The number of urea groups is 1. The van der Waals surface area contributed by atoms with Crippen LogP contribution in [0.25, 0.3) is 11.3 Å². The molecule has 0 aliphatic carbocycles. The van der Waals surface area contributed by atoms with Crippen LogP contribution < -0.4 is 10.2 Å². The van der Waals surface area contributed by atoms with E-state index in [4.69, 9.17) is 23.2 Å². The molecule has 0 radical (unpaired) electrons. The zero-order valence-corrected chi connectivity index (χ0v) is 18.6. The fourth-order valence-electron chi connectivity index (χ4n) is 3.51. The smallest absolute Gasteiger partial charge is 0.352 e. The molecular weight excluding hydrogens is 478 g/mol. The third-order valence-electron chi connectivity index (χ3n) is 5.22. The third kappa shape index (κ3) is 5.31. The predicted molar refractivity (Wildman–Crippen MR) is 122 cm³/mol. The molecule has 1 saturated heterocycles. The molecule has 1 aliphatic rings. The van der Waals surface area contributed by atoms with E-state index in [1.54, 1.807) is 24.3 Å². The number of hydrogen-bond donors (Lipinski definition) is 1. The quantitative estimate of drug-likeness (QED) is 0.496. The van der Waals surface area contributed by atoms with E-state index in [2.05, 4.69) is 15.5 Å². The molecule has 6 nitrogen and oxygen atoms in total. The average Bonchev–Trinajstić information content (AvgIpc) is 2.79. The highest BCUT2D eigenvalue weighted by molar-refractivity contribution is 6.36. The molecular formula is C22H18Cl2F3N5O. The van der Waals surface area contributed by atoms with Gasteiger partial charge in [-0.1, -0.05) is 35.3 Å². The number of nitrogens with zero attached hydrogens (tertiary/aromatic N) is 4. The Hall–Kier alpha value is -3.04. The first-order valence-electron chi connectivity index (χ1n) is 9.98. The average molecular weight is 496 g/mol. The molecule has 4 rings (SSSR count). The first kappa shape index (κ1) is 23.1. The minimum Gasteiger partial charge on any atom is -0.352 e. The first-order chi connectivity index (χ1) is 15.7. The Kier molecular flexibility index (Phi) is 6.62. The number of halogens is 5.